The van der Waals surface area contributed by atoms with Gasteiger partial charge in [0.15, 0.2) is 0 Å². The number of carbonyl (C=O) groups excluding carboxylic acids is 2. The largest absolute Gasteiger partial charge is 0.489 e. The number of nitrogens with one attached hydrogen (secondary N) is 3. The lowest BCUT2D eigenvalue weighted by atomic mass is 10.0. The van der Waals surface area contributed by atoms with Gasteiger partial charge in [0, 0.05) is 42.4 Å². The lowest BCUT2D eigenvalue weighted by Gasteiger charge is -2.40. The SMILES string of the molecule is CCC(NC(C)(C)CO)C(=O)O.COCCOc1cc2ncnc(Nc3ccc(F)c(Cl)c3)c2cc1NC(=O)C=CCN1CC(=O)OCC1(C)C.Cl. The average Bonchev–Trinajstić information content (AvgIpc) is 3.07. The molecular formula is C35H47Cl2FN6O8. The van der Waals surface area contributed by atoms with Gasteiger partial charge in [-0.15, -0.1) is 12.4 Å². The summed E-state index contributed by atoms with van der Waals surface area (Å²) in [5.74, 6) is -1.27. The third-order valence-corrected chi connectivity index (χ3v) is 8.04. The summed E-state index contributed by atoms with van der Waals surface area (Å²) < 4.78 is 29.7. The number of carboxylic acids is 1. The Labute approximate surface area is 313 Å². The van der Waals surface area contributed by atoms with Crippen LogP contribution in [0.4, 0.5) is 21.6 Å². The number of anilines is 3. The fourth-order valence-electron chi connectivity index (χ4n) is 4.74. The van der Waals surface area contributed by atoms with Crippen LogP contribution in [0, 0.1) is 5.82 Å². The number of esters is 1. The van der Waals surface area contributed by atoms with Gasteiger partial charge >= 0.3 is 11.9 Å². The van der Waals surface area contributed by atoms with Crippen molar-refractivity contribution in [1.82, 2.24) is 20.2 Å². The molecule has 0 aliphatic carbocycles. The van der Waals surface area contributed by atoms with Crippen molar-refractivity contribution >= 4 is 69.9 Å². The van der Waals surface area contributed by atoms with Crippen LogP contribution in [0.1, 0.15) is 41.0 Å². The van der Waals surface area contributed by atoms with Gasteiger partial charge in [-0.2, -0.15) is 0 Å². The minimum Gasteiger partial charge on any atom is -0.489 e. The number of morpholine rings is 1. The van der Waals surface area contributed by atoms with Crippen LogP contribution in [-0.4, -0.2) is 107 Å². The number of aliphatic hydroxyl groups is 1. The lowest BCUT2D eigenvalue weighted by molar-refractivity contribution is -0.159. The number of aromatic nitrogens is 2. The molecule has 52 heavy (non-hydrogen) atoms. The second-order valence-corrected chi connectivity index (χ2v) is 13.3. The van der Waals surface area contributed by atoms with Crippen molar-refractivity contribution in [3.8, 4) is 5.75 Å². The smallest absolute Gasteiger partial charge is 0.320 e. The average molecular weight is 770 g/mol. The standard InChI is InChI=1S/C27H29ClFN5O5.C8H17NO3.ClH/c1-27(2)15-39-25(36)14-34(27)8-4-5-24(35)33-22-12-18-21(13-23(22)38-10-9-37-3)30-16-31-26(18)32-17-6-7-20(29)19(28)11-17;1-4-6(7(11)12)9-8(2,3)5-10;/h4-7,11-13,16H,8-10,14-15H2,1-3H3,(H,33,35)(H,30,31,32);6,9-10H,4-5H2,1-3H3,(H,11,12);1H. The third kappa shape index (κ3) is 13.1. The molecular weight excluding hydrogens is 722 g/mol. The van der Waals surface area contributed by atoms with Crippen LogP contribution in [0.15, 0.2) is 48.8 Å². The summed E-state index contributed by atoms with van der Waals surface area (Å²) in [6.45, 7) is 10.6. The first kappa shape index (κ1) is 44.0. The van der Waals surface area contributed by atoms with Crippen LogP contribution in [0.5, 0.6) is 5.75 Å². The molecule has 1 aromatic heterocycles. The van der Waals surface area contributed by atoms with Crippen LogP contribution in [0.2, 0.25) is 5.02 Å². The predicted molar refractivity (Wildman–Crippen MR) is 199 cm³/mol. The molecule has 1 saturated heterocycles. The van der Waals surface area contributed by atoms with E-state index in [1.807, 2.05) is 18.7 Å². The van der Waals surface area contributed by atoms with Gasteiger partial charge < -0.3 is 35.1 Å². The van der Waals surface area contributed by atoms with Crippen LogP contribution in [0.3, 0.4) is 0 Å². The highest BCUT2D eigenvalue weighted by atomic mass is 35.5. The van der Waals surface area contributed by atoms with Gasteiger partial charge in [0.25, 0.3) is 0 Å². The number of nitrogens with zero attached hydrogens (tertiary/aromatic N) is 3. The number of carboxylic acid groups (broad SMARTS) is 1. The summed E-state index contributed by atoms with van der Waals surface area (Å²) >= 11 is 5.92. The van der Waals surface area contributed by atoms with E-state index < -0.39 is 23.4 Å². The number of benzene rings is 2. The van der Waals surface area contributed by atoms with Crippen molar-refractivity contribution in [2.75, 3.05) is 57.3 Å². The molecule has 0 saturated carbocycles. The van der Waals surface area contributed by atoms with Gasteiger partial charge in [-0.1, -0.05) is 24.6 Å². The van der Waals surface area contributed by atoms with Crippen molar-refractivity contribution in [2.45, 2.75) is 58.2 Å². The van der Waals surface area contributed by atoms with Crippen molar-refractivity contribution in [1.29, 1.82) is 0 Å². The Bertz CT molecular complexity index is 1710. The predicted octanol–water partition coefficient (Wildman–Crippen LogP) is 4.96. The monoisotopic (exact) mass is 768 g/mol. The zero-order valence-electron chi connectivity index (χ0n) is 30.0. The molecule has 1 amide bonds. The fraction of sp³-hybridized carbons (Fsp3) is 0.457. The third-order valence-electron chi connectivity index (χ3n) is 7.75. The minimum absolute atomic E-state index is 0. The van der Waals surface area contributed by atoms with E-state index >= 15 is 0 Å². The van der Waals surface area contributed by atoms with Gasteiger partial charge in [0.05, 0.1) is 41.5 Å². The van der Waals surface area contributed by atoms with Crippen LogP contribution in [-0.2, 0) is 23.9 Å². The van der Waals surface area contributed by atoms with Crippen LogP contribution in [0.25, 0.3) is 10.9 Å². The van der Waals surface area contributed by atoms with E-state index in [4.69, 9.17) is 36.0 Å². The molecule has 4 rings (SSSR count). The zero-order chi connectivity index (χ0) is 37.8. The molecule has 14 nitrogen and oxygen atoms in total. The summed E-state index contributed by atoms with van der Waals surface area (Å²) in [4.78, 5) is 45.7. The molecule has 0 bridgehead atoms. The molecule has 17 heteroatoms. The summed E-state index contributed by atoms with van der Waals surface area (Å²) in [7, 11) is 1.56. The normalized spacial score (nSPS) is 14.8. The highest BCUT2D eigenvalue weighted by Gasteiger charge is 2.34. The molecule has 1 fully saturated rings. The summed E-state index contributed by atoms with van der Waals surface area (Å²) in [5.41, 5.74) is 0.609. The maximum atomic E-state index is 13.6. The number of hydrogen-bond acceptors (Lipinski definition) is 12. The number of fused-ring (bicyclic) bond motifs is 1. The Balaban J connectivity index is 0.000000619. The van der Waals surface area contributed by atoms with Crippen LogP contribution >= 0.6 is 24.0 Å². The number of methoxy groups -OCH3 is 1. The topological polar surface area (TPSA) is 184 Å². The summed E-state index contributed by atoms with van der Waals surface area (Å²) in [6.07, 6.45) is 4.99. The molecule has 2 aromatic carbocycles. The Morgan fingerprint density at radius 3 is 2.58 bits per heavy atom. The highest BCUT2D eigenvalue weighted by molar-refractivity contribution is 6.31. The van der Waals surface area contributed by atoms with E-state index in [9.17, 15) is 18.8 Å². The quantitative estimate of drug-likeness (QED) is 0.0796. The first-order chi connectivity index (χ1) is 24.1. The second-order valence-electron chi connectivity index (χ2n) is 12.9. The van der Waals surface area contributed by atoms with Crippen molar-refractivity contribution in [3.63, 3.8) is 0 Å². The Kier molecular flexibility index (Phi) is 17.1. The maximum absolute atomic E-state index is 13.6. The Hall–Kier alpha value is -4.12. The van der Waals surface area contributed by atoms with Crippen molar-refractivity contribution < 1.29 is 43.2 Å². The van der Waals surface area contributed by atoms with E-state index in [-0.39, 0.29) is 61.2 Å². The first-order valence-corrected chi connectivity index (χ1v) is 16.6. The van der Waals surface area contributed by atoms with E-state index in [2.05, 4.69) is 25.9 Å². The number of hydrogen-bond donors (Lipinski definition) is 5. The number of amides is 1. The van der Waals surface area contributed by atoms with Gasteiger partial charge in [-0.3, -0.25) is 24.6 Å². The number of rotatable bonds is 15. The summed E-state index contributed by atoms with van der Waals surface area (Å²) in [6, 6.07) is 7.05. The number of cyclic esters (lactones) is 1. The first-order valence-electron chi connectivity index (χ1n) is 16.2. The maximum Gasteiger partial charge on any atom is 0.320 e. The number of halogens is 3. The molecule has 0 spiro atoms. The van der Waals surface area contributed by atoms with E-state index in [1.165, 1.54) is 30.6 Å². The highest BCUT2D eigenvalue weighted by Crippen LogP contribution is 2.34. The molecule has 286 valence electrons. The number of aliphatic carboxylic acids is 1. The molecule has 1 aliphatic rings. The number of ether oxygens (including phenoxy) is 3. The van der Waals surface area contributed by atoms with Crippen LogP contribution < -0.4 is 20.7 Å². The number of aliphatic hydroxyl groups excluding tert-OH is 1. The molecule has 1 atom stereocenters. The van der Waals surface area contributed by atoms with Gasteiger partial charge in [-0.05, 0) is 58.4 Å². The molecule has 1 unspecified atom stereocenters. The van der Waals surface area contributed by atoms with Gasteiger partial charge in [0.1, 0.15) is 43.0 Å². The Morgan fingerprint density at radius 2 is 1.94 bits per heavy atom. The lowest BCUT2D eigenvalue weighted by Crippen LogP contribution is -2.54. The molecule has 1 aliphatic heterocycles. The fourth-order valence-corrected chi connectivity index (χ4v) is 4.92. The van der Waals surface area contributed by atoms with E-state index in [1.54, 1.807) is 46.1 Å². The van der Waals surface area contributed by atoms with Gasteiger partial charge in [-0.25, -0.2) is 14.4 Å². The van der Waals surface area contributed by atoms with E-state index in [0.29, 0.717) is 53.4 Å². The molecule has 5 N–H and O–H groups in total. The molecule has 2 heterocycles. The molecule has 3 aromatic rings. The zero-order valence-corrected chi connectivity index (χ0v) is 31.6. The van der Waals surface area contributed by atoms with Gasteiger partial charge in [0.2, 0.25) is 5.91 Å². The Morgan fingerprint density at radius 1 is 1.21 bits per heavy atom. The van der Waals surface area contributed by atoms with Crippen molar-refractivity contribution in [2.24, 2.45) is 0 Å². The number of carbonyl (C=O) groups is 3. The summed E-state index contributed by atoms with van der Waals surface area (Å²) in [5, 5.41) is 26.9. The second kappa shape index (κ2) is 20.2. The van der Waals surface area contributed by atoms with Crippen molar-refractivity contribution in [3.05, 3.63) is 59.7 Å². The molecule has 0 radical (unpaired) electrons. The van der Waals surface area contributed by atoms with E-state index in [0.717, 1.165) is 0 Å². The minimum atomic E-state index is -0.876.